The van der Waals surface area contributed by atoms with E-state index in [1.165, 1.54) is 5.56 Å². The van der Waals surface area contributed by atoms with Crippen LogP contribution in [0.15, 0.2) is 22.6 Å². The van der Waals surface area contributed by atoms with Gasteiger partial charge in [-0.15, -0.1) is 0 Å². The maximum atomic E-state index is 5.80. The second-order valence-electron chi connectivity index (χ2n) is 4.61. The molecule has 1 unspecified atom stereocenters. The summed E-state index contributed by atoms with van der Waals surface area (Å²) >= 11 is 0. The van der Waals surface area contributed by atoms with Crippen molar-refractivity contribution in [1.82, 2.24) is 4.98 Å². The van der Waals surface area contributed by atoms with Gasteiger partial charge in [-0.25, -0.2) is 4.98 Å². The van der Waals surface area contributed by atoms with E-state index in [0.29, 0.717) is 6.54 Å². The fourth-order valence-electron chi connectivity index (χ4n) is 1.67. The Morgan fingerprint density at radius 1 is 1.44 bits per heavy atom. The van der Waals surface area contributed by atoms with Gasteiger partial charge in [0.05, 0.1) is 5.41 Å². The van der Waals surface area contributed by atoms with E-state index in [4.69, 9.17) is 10.2 Å². The van der Waals surface area contributed by atoms with E-state index in [2.05, 4.69) is 18.8 Å². The zero-order valence-electron chi connectivity index (χ0n) is 10.1. The van der Waals surface area contributed by atoms with Crippen molar-refractivity contribution in [1.29, 1.82) is 0 Å². The Balaban J connectivity index is 2.54. The molecular weight excluding hydrogens is 200 g/mol. The number of rotatable bonds is 3. The number of hydrogen-bond acceptors (Lipinski definition) is 3. The fourth-order valence-corrected chi connectivity index (χ4v) is 1.67. The summed E-state index contributed by atoms with van der Waals surface area (Å²) in [7, 11) is 0. The third kappa shape index (κ3) is 1.71. The summed E-state index contributed by atoms with van der Waals surface area (Å²) in [6.45, 7) is 6.79. The molecule has 2 rings (SSSR count). The lowest BCUT2D eigenvalue weighted by molar-refractivity contribution is 0.353. The van der Waals surface area contributed by atoms with Crippen molar-refractivity contribution in [3.05, 3.63) is 29.7 Å². The van der Waals surface area contributed by atoms with Gasteiger partial charge in [0.1, 0.15) is 5.52 Å². The summed E-state index contributed by atoms with van der Waals surface area (Å²) in [4.78, 5) is 4.52. The zero-order valence-corrected chi connectivity index (χ0v) is 10.1. The molecule has 0 aliphatic heterocycles. The number of hydrogen-bond donors (Lipinski definition) is 1. The van der Waals surface area contributed by atoms with E-state index < -0.39 is 0 Å². The lowest BCUT2D eigenvalue weighted by Crippen LogP contribution is -2.31. The molecule has 0 bridgehead atoms. The lowest BCUT2D eigenvalue weighted by atomic mass is 9.88. The molecule has 2 aromatic rings. The Morgan fingerprint density at radius 2 is 2.19 bits per heavy atom. The van der Waals surface area contributed by atoms with E-state index in [1.54, 1.807) is 0 Å². The zero-order chi connectivity index (χ0) is 11.8. The van der Waals surface area contributed by atoms with Gasteiger partial charge >= 0.3 is 0 Å². The van der Waals surface area contributed by atoms with E-state index >= 15 is 0 Å². The van der Waals surface area contributed by atoms with E-state index in [1.807, 2.05) is 25.1 Å². The van der Waals surface area contributed by atoms with Crippen LogP contribution < -0.4 is 5.73 Å². The first-order valence-electron chi connectivity index (χ1n) is 5.67. The summed E-state index contributed by atoms with van der Waals surface area (Å²) < 4.78 is 5.80. The average molecular weight is 218 g/mol. The molecular formula is C13H18N2O. The molecule has 1 heterocycles. The molecule has 0 spiro atoms. The van der Waals surface area contributed by atoms with Crippen LogP contribution in [-0.4, -0.2) is 11.5 Å². The summed E-state index contributed by atoms with van der Waals surface area (Å²) in [5, 5.41) is 0. The molecule has 3 heteroatoms. The van der Waals surface area contributed by atoms with Gasteiger partial charge in [-0.1, -0.05) is 13.0 Å². The minimum atomic E-state index is -0.160. The lowest BCUT2D eigenvalue weighted by Gasteiger charge is -2.21. The first-order chi connectivity index (χ1) is 7.59. The molecule has 86 valence electrons. The number of nitrogens with zero attached hydrogens (tertiary/aromatic N) is 1. The van der Waals surface area contributed by atoms with Crippen LogP contribution in [0.1, 0.15) is 31.7 Å². The van der Waals surface area contributed by atoms with Crippen LogP contribution in [0.5, 0.6) is 0 Å². The van der Waals surface area contributed by atoms with Crippen molar-refractivity contribution in [3.63, 3.8) is 0 Å². The number of nitrogens with two attached hydrogens (primary N) is 1. The summed E-state index contributed by atoms with van der Waals surface area (Å²) in [6, 6.07) is 6.04. The normalized spacial score (nSPS) is 15.2. The molecule has 0 aliphatic carbocycles. The number of fused-ring (bicyclic) bond motifs is 1. The van der Waals surface area contributed by atoms with Gasteiger partial charge in [0.25, 0.3) is 0 Å². The smallest absolute Gasteiger partial charge is 0.202 e. The molecule has 1 aromatic carbocycles. The number of aromatic nitrogens is 1. The first kappa shape index (κ1) is 11.1. The minimum Gasteiger partial charge on any atom is -0.440 e. The second-order valence-corrected chi connectivity index (χ2v) is 4.61. The quantitative estimate of drug-likeness (QED) is 0.861. The third-order valence-electron chi connectivity index (χ3n) is 3.29. The predicted octanol–water partition coefficient (Wildman–Crippen LogP) is 2.76. The SMILES string of the molecule is CCC(C)(CN)c1nc2ccc(C)cc2o1. The van der Waals surface area contributed by atoms with Crippen molar-refractivity contribution >= 4 is 11.1 Å². The van der Waals surface area contributed by atoms with Crippen LogP contribution in [0, 0.1) is 6.92 Å². The minimum absolute atomic E-state index is 0.160. The van der Waals surface area contributed by atoms with Crippen molar-refractivity contribution in [3.8, 4) is 0 Å². The molecule has 1 atom stereocenters. The summed E-state index contributed by atoms with van der Waals surface area (Å²) in [5.74, 6) is 0.748. The predicted molar refractivity (Wildman–Crippen MR) is 65.4 cm³/mol. The molecule has 0 saturated heterocycles. The van der Waals surface area contributed by atoms with Gasteiger partial charge in [0.2, 0.25) is 5.89 Å². The molecule has 0 amide bonds. The third-order valence-corrected chi connectivity index (χ3v) is 3.29. The van der Waals surface area contributed by atoms with Gasteiger partial charge in [-0.3, -0.25) is 0 Å². The van der Waals surface area contributed by atoms with Gasteiger partial charge < -0.3 is 10.2 Å². The van der Waals surface area contributed by atoms with Crippen LogP contribution in [0.25, 0.3) is 11.1 Å². The monoisotopic (exact) mass is 218 g/mol. The summed E-state index contributed by atoms with van der Waals surface area (Å²) in [5.41, 5.74) is 8.58. The largest absolute Gasteiger partial charge is 0.440 e. The average Bonchev–Trinajstić information content (AvgIpc) is 2.71. The highest BCUT2D eigenvalue weighted by Crippen LogP contribution is 2.28. The molecule has 2 N–H and O–H groups in total. The van der Waals surface area contributed by atoms with Crippen molar-refractivity contribution < 1.29 is 4.42 Å². The van der Waals surface area contributed by atoms with E-state index in [-0.39, 0.29) is 5.41 Å². The van der Waals surface area contributed by atoms with Crippen LogP contribution >= 0.6 is 0 Å². The molecule has 3 nitrogen and oxygen atoms in total. The topological polar surface area (TPSA) is 52.0 Å². The fraction of sp³-hybridized carbons (Fsp3) is 0.462. The molecule has 16 heavy (non-hydrogen) atoms. The molecule has 0 fully saturated rings. The Hall–Kier alpha value is -1.35. The highest BCUT2D eigenvalue weighted by molar-refractivity contribution is 5.73. The maximum absolute atomic E-state index is 5.80. The van der Waals surface area contributed by atoms with E-state index in [0.717, 1.165) is 23.4 Å². The van der Waals surface area contributed by atoms with Crippen molar-refractivity contribution in [2.75, 3.05) is 6.54 Å². The Labute approximate surface area is 95.7 Å². The Morgan fingerprint density at radius 3 is 2.81 bits per heavy atom. The van der Waals surface area contributed by atoms with Crippen LogP contribution in [-0.2, 0) is 5.41 Å². The van der Waals surface area contributed by atoms with Gasteiger partial charge in [-0.2, -0.15) is 0 Å². The summed E-state index contributed by atoms with van der Waals surface area (Å²) in [6.07, 6.45) is 0.926. The van der Waals surface area contributed by atoms with Crippen LogP contribution in [0.2, 0.25) is 0 Å². The van der Waals surface area contributed by atoms with Gasteiger partial charge in [0.15, 0.2) is 5.58 Å². The van der Waals surface area contributed by atoms with Crippen molar-refractivity contribution in [2.45, 2.75) is 32.6 Å². The number of aryl methyl sites for hydroxylation is 1. The van der Waals surface area contributed by atoms with Crippen LogP contribution in [0.3, 0.4) is 0 Å². The number of benzene rings is 1. The molecule has 1 aromatic heterocycles. The van der Waals surface area contributed by atoms with Gasteiger partial charge in [-0.05, 0) is 38.0 Å². The molecule has 0 saturated carbocycles. The van der Waals surface area contributed by atoms with Crippen molar-refractivity contribution in [2.24, 2.45) is 5.73 Å². The molecule has 0 aliphatic rings. The van der Waals surface area contributed by atoms with Gasteiger partial charge in [0, 0.05) is 6.54 Å². The standard InChI is InChI=1S/C13H18N2O/c1-4-13(3,8-14)12-15-10-6-5-9(2)7-11(10)16-12/h5-7H,4,8,14H2,1-3H3. The van der Waals surface area contributed by atoms with Crippen LogP contribution in [0.4, 0.5) is 0 Å². The highest BCUT2D eigenvalue weighted by atomic mass is 16.3. The number of oxazole rings is 1. The first-order valence-corrected chi connectivity index (χ1v) is 5.67. The highest BCUT2D eigenvalue weighted by Gasteiger charge is 2.28. The Kier molecular flexibility index (Phi) is 2.72. The van der Waals surface area contributed by atoms with E-state index in [9.17, 15) is 0 Å². The Bertz CT molecular complexity index is 498. The maximum Gasteiger partial charge on any atom is 0.202 e. The second kappa shape index (κ2) is 3.91. The molecule has 0 radical (unpaired) electrons.